The molecule has 0 aromatic heterocycles. The highest BCUT2D eigenvalue weighted by Gasteiger charge is 2.36. The van der Waals surface area contributed by atoms with Crippen LogP contribution in [0.5, 0.6) is 0 Å². The van der Waals surface area contributed by atoms with E-state index in [2.05, 4.69) is 4.74 Å². The summed E-state index contributed by atoms with van der Waals surface area (Å²) in [5.41, 5.74) is 2.85. The number of carbonyl (C=O) groups is 2. The van der Waals surface area contributed by atoms with Gasteiger partial charge in [0.05, 0.1) is 28.8 Å². The van der Waals surface area contributed by atoms with E-state index in [4.69, 9.17) is 4.74 Å². The van der Waals surface area contributed by atoms with Gasteiger partial charge >= 0.3 is 11.9 Å². The smallest absolute Gasteiger partial charge is 0.338 e. The fourth-order valence-electron chi connectivity index (χ4n) is 3.89. The molecule has 0 bridgehead atoms. The molecule has 0 fully saturated rings. The minimum atomic E-state index is -3.86. The Bertz CT molecular complexity index is 1300. The second-order valence-corrected chi connectivity index (χ2v) is 9.59. The number of carbonyl (C=O) groups excluding carboxylic acids is 2. The van der Waals surface area contributed by atoms with Gasteiger partial charge in [-0.3, -0.25) is 4.31 Å². The zero-order valence-corrected chi connectivity index (χ0v) is 19.0. The molecule has 0 aliphatic carbocycles. The zero-order valence-electron chi connectivity index (χ0n) is 18.2. The third kappa shape index (κ3) is 4.47. The first-order valence-electron chi connectivity index (χ1n) is 10.4. The van der Waals surface area contributed by atoms with Gasteiger partial charge in [0.2, 0.25) is 0 Å². The van der Waals surface area contributed by atoms with Crippen LogP contribution in [0.25, 0.3) is 0 Å². The average Bonchev–Trinajstić information content (AvgIpc) is 3.18. The van der Waals surface area contributed by atoms with Crippen LogP contribution in [0.4, 0.5) is 5.69 Å². The van der Waals surface area contributed by atoms with Crippen LogP contribution in [0.3, 0.4) is 0 Å². The minimum absolute atomic E-state index is 0.0200. The predicted octanol–water partition coefficient (Wildman–Crippen LogP) is 3.97. The molecule has 33 heavy (non-hydrogen) atoms. The molecule has 1 heterocycles. The molecular weight excluding hydrogens is 442 g/mol. The van der Waals surface area contributed by atoms with E-state index in [1.54, 1.807) is 30.3 Å². The van der Waals surface area contributed by atoms with Crippen molar-refractivity contribution >= 4 is 27.6 Å². The Morgan fingerprint density at radius 3 is 2.39 bits per heavy atom. The number of anilines is 1. The van der Waals surface area contributed by atoms with Crippen molar-refractivity contribution < 1.29 is 27.5 Å². The average molecular weight is 466 g/mol. The quantitative estimate of drug-likeness (QED) is 0.512. The highest BCUT2D eigenvalue weighted by Crippen LogP contribution is 2.36. The number of para-hydroxylation sites is 1. The fraction of sp³-hybridized carbons (Fsp3) is 0.200. The third-order valence-electron chi connectivity index (χ3n) is 5.52. The van der Waals surface area contributed by atoms with E-state index in [9.17, 15) is 18.0 Å². The first-order valence-corrected chi connectivity index (χ1v) is 11.8. The van der Waals surface area contributed by atoms with Crippen molar-refractivity contribution in [3.63, 3.8) is 0 Å². The summed E-state index contributed by atoms with van der Waals surface area (Å²) < 4.78 is 38.2. The highest BCUT2D eigenvalue weighted by molar-refractivity contribution is 7.92. The van der Waals surface area contributed by atoms with Gasteiger partial charge in [-0.1, -0.05) is 36.4 Å². The molecule has 3 aromatic rings. The summed E-state index contributed by atoms with van der Waals surface area (Å²) in [5.74, 6) is -1.09. The lowest BCUT2D eigenvalue weighted by molar-refractivity contribution is 0.0471. The number of sulfonamides is 1. The van der Waals surface area contributed by atoms with Gasteiger partial charge in [0.1, 0.15) is 6.61 Å². The third-order valence-corrected chi connectivity index (χ3v) is 7.44. The lowest BCUT2D eigenvalue weighted by atomic mass is 10.1. The summed E-state index contributed by atoms with van der Waals surface area (Å²) in [6.07, 6.45) is 0.631. The van der Waals surface area contributed by atoms with Crippen LogP contribution in [0.15, 0.2) is 77.7 Å². The van der Waals surface area contributed by atoms with Crippen LogP contribution in [-0.4, -0.2) is 33.5 Å². The number of esters is 2. The van der Waals surface area contributed by atoms with Crippen molar-refractivity contribution in [2.24, 2.45) is 0 Å². The molecule has 1 atom stereocenters. The normalized spacial score (nSPS) is 15.1. The second-order valence-electron chi connectivity index (χ2n) is 7.78. The molecule has 4 rings (SSSR count). The Labute approximate surface area is 192 Å². The maximum Gasteiger partial charge on any atom is 0.338 e. The Balaban J connectivity index is 1.51. The highest BCUT2D eigenvalue weighted by atomic mass is 32.2. The van der Waals surface area contributed by atoms with Gasteiger partial charge in [0.25, 0.3) is 10.0 Å². The largest absolute Gasteiger partial charge is 0.465 e. The van der Waals surface area contributed by atoms with Gasteiger partial charge in [-0.15, -0.1) is 0 Å². The van der Waals surface area contributed by atoms with E-state index in [0.29, 0.717) is 23.2 Å². The Morgan fingerprint density at radius 1 is 0.939 bits per heavy atom. The predicted molar refractivity (Wildman–Crippen MR) is 123 cm³/mol. The molecule has 0 radical (unpaired) electrons. The molecule has 7 nitrogen and oxygen atoms in total. The number of rotatable bonds is 6. The molecule has 3 aromatic carbocycles. The SMILES string of the molecule is COC(=O)c1ccc(COC(=O)c2cccc(S(=O)(=O)N3c4ccccc4C[C@H]3C)c2)cc1. The maximum absolute atomic E-state index is 13.4. The van der Waals surface area contributed by atoms with Gasteiger partial charge in [0.15, 0.2) is 0 Å². The van der Waals surface area contributed by atoms with Crippen molar-refractivity contribution in [1.82, 2.24) is 0 Å². The number of hydrogen-bond donors (Lipinski definition) is 0. The van der Waals surface area contributed by atoms with Crippen molar-refractivity contribution in [2.45, 2.75) is 30.9 Å². The first kappa shape index (κ1) is 22.5. The van der Waals surface area contributed by atoms with Crippen LogP contribution >= 0.6 is 0 Å². The molecule has 8 heteroatoms. The lowest BCUT2D eigenvalue weighted by Crippen LogP contribution is -2.35. The summed E-state index contributed by atoms with van der Waals surface area (Å²) >= 11 is 0. The van der Waals surface area contributed by atoms with E-state index >= 15 is 0 Å². The van der Waals surface area contributed by atoms with Crippen molar-refractivity contribution in [3.05, 3.63) is 95.1 Å². The Morgan fingerprint density at radius 2 is 1.67 bits per heavy atom. The number of ether oxygens (including phenoxy) is 2. The summed E-state index contributed by atoms with van der Waals surface area (Å²) in [7, 11) is -2.56. The van der Waals surface area contributed by atoms with E-state index in [1.165, 1.54) is 35.7 Å². The van der Waals surface area contributed by atoms with Gasteiger partial charge in [-0.25, -0.2) is 18.0 Å². The molecule has 1 aliphatic heterocycles. The summed E-state index contributed by atoms with van der Waals surface area (Å²) in [5, 5.41) is 0. The lowest BCUT2D eigenvalue weighted by Gasteiger charge is -2.24. The molecule has 170 valence electrons. The summed E-state index contributed by atoms with van der Waals surface area (Å²) in [4.78, 5) is 24.1. The van der Waals surface area contributed by atoms with Gasteiger partial charge in [0, 0.05) is 6.04 Å². The van der Waals surface area contributed by atoms with E-state index in [0.717, 1.165) is 5.56 Å². The number of fused-ring (bicyclic) bond motifs is 1. The molecule has 0 saturated carbocycles. The van der Waals surface area contributed by atoms with Gasteiger partial charge < -0.3 is 9.47 Å². The number of benzene rings is 3. The minimum Gasteiger partial charge on any atom is -0.465 e. The van der Waals surface area contributed by atoms with Crippen LogP contribution < -0.4 is 4.31 Å². The monoisotopic (exact) mass is 465 g/mol. The maximum atomic E-state index is 13.4. The first-order chi connectivity index (χ1) is 15.8. The molecule has 0 saturated heterocycles. The van der Waals surface area contributed by atoms with Gasteiger partial charge in [-0.2, -0.15) is 0 Å². The van der Waals surface area contributed by atoms with Crippen LogP contribution in [0.1, 0.15) is 38.8 Å². The van der Waals surface area contributed by atoms with Crippen molar-refractivity contribution in [1.29, 1.82) is 0 Å². The molecule has 0 N–H and O–H groups in total. The Hall–Kier alpha value is -3.65. The zero-order chi connectivity index (χ0) is 23.6. The molecule has 0 amide bonds. The molecule has 0 spiro atoms. The fourth-order valence-corrected chi connectivity index (χ4v) is 5.63. The summed E-state index contributed by atoms with van der Waals surface area (Å²) in [6.45, 7) is 1.84. The number of hydrogen-bond acceptors (Lipinski definition) is 6. The summed E-state index contributed by atoms with van der Waals surface area (Å²) in [6, 6.07) is 19.5. The van der Waals surface area contributed by atoms with Crippen LogP contribution in [-0.2, 0) is 32.5 Å². The van der Waals surface area contributed by atoms with Crippen molar-refractivity contribution in [2.75, 3.05) is 11.4 Å². The molecular formula is C25H23NO6S. The Kier molecular flexibility index (Phi) is 6.20. The standard InChI is InChI=1S/C25H23NO6S/c1-17-14-20-6-3-4-9-23(20)26(17)33(29,30)22-8-5-7-21(15-22)25(28)32-16-18-10-12-19(13-11-18)24(27)31-2/h3-13,15,17H,14,16H2,1-2H3/t17-/m1/s1. The van der Waals surface area contributed by atoms with E-state index in [-0.39, 0.29) is 23.1 Å². The van der Waals surface area contributed by atoms with Crippen LogP contribution in [0.2, 0.25) is 0 Å². The molecule has 1 aliphatic rings. The van der Waals surface area contributed by atoms with Gasteiger partial charge in [-0.05, 0) is 60.9 Å². The topological polar surface area (TPSA) is 90.0 Å². The van der Waals surface area contributed by atoms with Crippen LogP contribution in [0, 0.1) is 0 Å². The number of nitrogens with zero attached hydrogens (tertiary/aromatic N) is 1. The van der Waals surface area contributed by atoms with E-state index < -0.39 is 22.0 Å². The number of methoxy groups -OCH3 is 1. The molecule has 0 unspecified atom stereocenters. The second kappa shape index (κ2) is 9.07. The van der Waals surface area contributed by atoms with E-state index in [1.807, 2.05) is 25.1 Å². The van der Waals surface area contributed by atoms with Crippen molar-refractivity contribution in [3.8, 4) is 0 Å².